The third-order valence-corrected chi connectivity index (χ3v) is 2.05. The molecule has 0 unspecified atom stereocenters. The molecule has 1 heterocycles. The van der Waals surface area contributed by atoms with Crippen LogP contribution in [0, 0.1) is 0 Å². The average molecular weight is 260 g/mol. The predicted molar refractivity (Wildman–Crippen MR) is 68.8 cm³/mol. The summed E-state index contributed by atoms with van der Waals surface area (Å²) < 4.78 is 0. The highest BCUT2D eigenvalue weighted by molar-refractivity contribution is 5.92. The number of rotatable bonds is 3. The highest BCUT2D eigenvalue weighted by Gasteiger charge is 2.04. The van der Waals surface area contributed by atoms with Gasteiger partial charge in [0.25, 0.3) is 5.91 Å². The number of hydrogen-bond donors (Lipinski definition) is 2. The smallest absolute Gasteiger partial charge is 0.291 e. The maximum absolute atomic E-state index is 11.5. The van der Waals surface area contributed by atoms with E-state index in [4.69, 9.17) is 0 Å². The van der Waals surface area contributed by atoms with Crippen LogP contribution in [-0.2, 0) is 0 Å². The first-order valence-electron chi connectivity index (χ1n) is 5.14. The molecule has 0 saturated heterocycles. The van der Waals surface area contributed by atoms with Crippen LogP contribution >= 0.6 is 0 Å². The molecule has 98 valence electrons. The lowest BCUT2D eigenvalue weighted by molar-refractivity contribution is 0.0949. The zero-order valence-corrected chi connectivity index (χ0v) is 9.82. The highest BCUT2D eigenvalue weighted by Crippen LogP contribution is 2.08. The summed E-state index contributed by atoms with van der Waals surface area (Å²) in [4.78, 5) is 19.1. The molecular weight excluding hydrogens is 248 g/mol. The SMILES string of the molecule is O.O=C(N/N=C/c1cccc(O)c1)c1cnccn1. The lowest BCUT2D eigenvalue weighted by atomic mass is 10.2. The summed E-state index contributed by atoms with van der Waals surface area (Å²) in [5, 5.41) is 13.0. The van der Waals surface area contributed by atoms with Gasteiger partial charge in [0.05, 0.1) is 12.4 Å². The average Bonchev–Trinajstić information content (AvgIpc) is 2.40. The van der Waals surface area contributed by atoms with Gasteiger partial charge < -0.3 is 10.6 Å². The minimum absolute atomic E-state index is 0. The minimum atomic E-state index is -0.445. The largest absolute Gasteiger partial charge is 0.508 e. The van der Waals surface area contributed by atoms with Gasteiger partial charge >= 0.3 is 0 Å². The van der Waals surface area contributed by atoms with E-state index >= 15 is 0 Å². The van der Waals surface area contributed by atoms with Crippen molar-refractivity contribution < 1.29 is 15.4 Å². The molecule has 0 atom stereocenters. The molecule has 0 saturated carbocycles. The van der Waals surface area contributed by atoms with Crippen LogP contribution in [0.4, 0.5) is 0 Å². The summed E-state index contributed by atoms with van der Waals surface area (Å²) >= 11 is 0. The number of carbonyl (C=O) groups is 1. The van der Waals surface area contributed by atoms with Gasteiger partial charge in [-0.05, 0) is 17.7 Å². The van der Waals surface area contributed by atoms with Gasteiger partial charge in [0, 0.05) is 12.4 Å². The molecule has 0 bridgehead atoms. The van der Waals surface area contributed by atoms with E-state index in [2.05, 4.69) is 20.5 Å². The Balaban J connectivity index is 0.00000180. The molecule has 0 spiro atoms. The maximum atomic E-state index is 11.5. The first-order chi connectivity index (χ1) is 8.75. The van der Waals surface area contributed by atoms with Crippen LogP contribution in [-0.4, -0.2) is 32.7 Å². The fourth-order valence-electron chi connectivity index (χ4n) is 1.24. The van der Waals surface area contributed by atoms with Gasteiger partial charge in [0.2, 0.25) is 0 Å². The molecule has 0 fully saturated rings. The topological polar surface area (TPSA) is 119 Å². The van der Waals surface area contributed by atoms with Gasteiger partial charge in [-0.15, -0.1) is 0 Å². The summed E-state index contributed by atoms with van der Waals surface area (Å²) in [7, 11) is 0. The van der Waals surface area contributed by atoms with Crippen LogP contribution < -0.4 is 5.43 Å². The van der Waals surface area contributed by atoms with Gasteiger partial charge in [-0.25, -0.2) is 10.4 Å². The summed E-state index contributed by atoms with van der Waals surface area (Å²) in [5.74, 6) is -0.307. The Morgan fingerprint density at radius 3 is 2.89 bits per heavy atom. The maximum Gasteiger partial charge on any atom is 0.291 e. The van der Waals surface area contributed by atoms with Gasteiger partial charge in [-0.3, -0.25) is 9.78 Å². The van der Waals surface area contributed by atoms with Crippen molar-refractivity contribution in [1.82, 2.24) is 15.4 Å². The lowest BCUT2D eigenvalue weighted by Gasteiger charge is -1.97. The number of carbonyl (C=O) groups excluding carboxylic acids is 1. The Labute approximate surface area is 109 Å². The van der Waals surface area contributed by atoms with Gasteiger partial charge in [0.15, 0.2) is 0 Å². The predicted octanol–water partition coefficient (Wildman–Crippen LogP) is 0.121. The minimum Gasteiger partial charge on any atom is -0.508 e. The van der Waals surface area contributed by atoms with E-state index in [0.29, 0.717) is 5.56 Å². The number of hydrazone groups is 1. The van der Waals surface area contributed by atoms with Crippen molar-refractivity contribution in [2.24, 2.45) is 5.10 Å². The second-order valence-electron chi connectivity index (χ2n) is 3.38. The van der Waals surface area contributed by atoms with E-state index in [0.717, 1.165) is 0 Å². The third kappa shape index (κ3) is 4.17. The number of nitrogens with zero attached hydrogens (tertiary/aromatic N) is 3. The van der Waals surface area contributed by atoms with E-state index in [1.165, 1.54) is 30.9 Å². The number of phenolic OH excluding ortho intramolecular Hbond substituents is 1. The molecule has 2 aromatic rings. The Hall–Kier alpha value is -2.80. The van der Waals surface area contributed by atoms with Crippen LogP contribution in [0.5, 0.6) is 5.75 Å². The fourth-order valence-corrected chi connectivity index (χ4v) is 1.24. The Morgan fingerprint density at radius 2 is 2.21 bits per heavy atom. The third-order valence-electron chi connectivity index (χ3n) is 2.05. The Bertz CT molecular complexity index is 572. The Morgan fingerprint density at radius 1 is 1.37 bits per heavy atom. The lowest BCUT2D eigenvalue weighted by Crippen LogP contribution is -2.19. The molecule has 1 amide bonds. The molecule has 0 aliphatic carbocycles. The number of amides is 1. The van der Waals surface area contributed by atoms with E-state index < -0.39 is 5.91 Å². The first-order valence-corrected chi connectivity index (χ1v) is 5.14. The number of nitrogens with one attached hydrogen (secondary N) is 1. The summed E-state index contributed by atoms with van der Waals surface area (Å²) in [5.41, 5.74) is 3.17. The van der Waals surface area contributed by atoms with Crippen LogP contribution in [0.1, 0.15) is 16.1 Å². The normalized spacial score (nSPS) is 9.89. The number of hydrogen-bond acceptors (Lipinski definition) is 5. The molecule has 7 nitrogen and oxygen atoms in total. The molecule has 7 heteroatoms. The van der Waals surface area contributed by atoms with Crippen LogP contribution in [0.2, 0.25) is 0 Å². The van der Waals surface area contributed by atoms with E-state index in [1.54, 1.807) is 18.2 Å². The summed E-state index contributed by atoms with van der Waals surface area (Å²) in [6.45, 7) is 0. The molecule has 4 N–H and O–H groups in total. The summed E-state index contributed by atoms with van der Waals surface area (Å²) in [6, 6.07) is 6.51. The van der Waals surface area contributed by atoms with Crippen molar-refractivity contribution >= 4 is 12.1 Å². The second kappa shape index (κ2) is 6.82. The van der Waals surface area contributed by atoms with Gasteiger partial charge in [0.1, 0.15) is 11.4 Å². The van der Waals surface area contributed by atoms with Crippen LogP contribution in [0.25, 0.3) is 0 Å². The number of phenols is 1. The van der Waals surface area contributed by atoms with Crippen molar-refractivity contribution in [3.63, 3.8) is 0 Å². The van der Waals surface area contributed by atoms with E-state index in [9.17, 15) is 9.90 Å². The van der Waals surface area contributed by atoms with Crippen molar-refractivity contribution in [1.29, 1.82) is 0 Å². The number of benzene rings is 1. The second-order valence-corrected chi connectivity index (χ2v) is 3.38. The van der Waals surface area contributed by atoms with Crippen LogP contribution in [0.15, 0.2) is 48.0 Å². The Kier molecular flexibility index (Phi) is 5.12. The molecule has 0 aliphatic rings. The zero-order chi connectivity index (χ0) is 12.8. The number of aromatic hydroxyl groups is 1. The summed E-state index contributed by atoms with van der Waals surface area (Å²) in [6.07, 6.45) is 5.67. The molecular formula is C12H12N4O3. The quantitative estimate of drug-likeness (QED) is 0.601. The van der Waals surface area contributed by atoms with Gasteiger partial charge in [-0.1, -0.05) is 12.1 Å². The van der Waals surface area contributed by atoms with E-state index in [-0.39, 0.29) is 16.9 Å². The van der Waals surface area contributed by atoms with Crippen molar-refractivity contribution in [3.8, 4) is 5.75 Å². The molecule has 2 rings (SSSR count). The zero-order valence-electron chi connectivity index (χ0n) is 9.82. The number of aromatic nitrogens is 2. The van der Waals surface area contributed by atoms with Gasteiger partial charge in [-0.2, -0.15) is 5.10 Å². The molecule has 1 aromatic carbocycles. The molecule has 0 radical (unpaired) electrons. The molecule has 1 aromatic heterocycles. The van der Waals surface area contributed by atoms with Crippen molar-refractivity contribution in [2.45, 2.75) is 0 Å². The highest BCUT2D eigenvalue weighted by atomic mass is 16.3. The standard InChI is InChI=1S/C12H10N4O2.H2O/c17-10-3-1-2-9(6-10)7-15-16-12(18)11-8-13-4-5-14-11;/h1-8,17H,(H,16,18);1H2/b15-7+;. The van der Waals surface area contributed by atoms with Crippen LogP contribution in [0.3, 0.4) is 0 Å². The fraction of sp³-hybridized carbons (Fsp3) is 0. The first kappa shape index (κ1) is 14.3. The van der Waals surface area contributed by atoms with E-state index in [1.807, 2.05) is 0 Å². The molecule has 19 heavy (non-hydrogen) atoms. The molecule has 0 aliphatic heterocycles. The van der Waals surface area contributed by atoms with Crippen molar-refractivity contribution in [2.75, 3.05) is 0 Å². The monoisotopic (exact) mass is 260 g/mol. The van der Waals surface area contributed by atoms with Crippen molar-refractivity contribution in [3.05, 3.63) is 54.1 Å².